The van der Waals surface area contributed by atoms with Gasteiger partial charge in [-0.3, -0.25) is 4.79 Å². The van der Waals surface area contributed by atoms with Crippen LogP contribution in [0.2, 0.25) is 0 Å². The molecule has 14 heavy (non-hydrogen) atoms. The number of nitrogens with zero attached hydrogens (tertiary/aromatic N) is 1. The van der Waals surface area contributed by atoms with Crippen LogP contribution in [0.25, 0.3) is 0 Å². The normalized spacial score (nSPS) is 26.5. The maximum absolute atomic E-state index is 11.3. The third-order valence-corrected chi connectivity index (χ3v) is 2.82. The first-order valence-corrected chi connectivity index (χ1v) is 5.20. The standard InChI is InChI=1S/C12H17NO/c1-9-6-11(4-3-5-13)8-12(7-9)10(2)14/h6,9,12H,3-4,7-8H2,1-2H3. The molecule has 0 N–H and O–H groups in total. The lowest BCUT2D eigenvalue weighted by atomic mass is 9.80. The lowest BCUT2D eigenvalue weighted by Gasteiger charge is -2.24. The van der Waals surface area contributed by atoms with Crippen molar-refractivity contribution in [1.29, 1.82) is 5.26 Å². The van der Waals surface area contributed by atoms with E-state index in [2.05, 4.69) is 19.1 Å². The van der Waals surface area contributed by atoms with E-state index in [0.717, 1.165) is 19.3 Å². The van der Waals surface area contributed by atoms with Gasteiger partial charge in [-0.05, 0) is 32.1 Å². The summed E-state index contributed by atoms with van der Waals surface area (Å²) in [4.78, 5) is 11.3. The molecule has 0 bridgehead atoms. The van der Waals surface area contributed by atoms with Crippen molar-refractivity contribution in [2.45, 2.75) is 39.5 Å². The minimum atomic E-state index is 0.198. The van der Waals surface area contributed by atoms with Crippen molar-refractivity contribution < 1.29 is 4.79 Å². The second-order valence-corrected chi connectivity index (χ2v) is 4.21. The summed E-state index contributed by atoms with van der Waals surface area (Å²) in [6.45, 7) is 3.81. The van der Waals surface area contributed by atoms with Crippen LogP contribution in [-0.4, -0.2) is 5.78 Å². The van der Waals surface area contributed by atoms with Crippen molar-refractivity contribution in [2.24, 2.45) is 11.8 Å². The number of hydrogen-bond acceptors (Lipinski definition) is 2. The fraction of sp³-hybridized carbons (Fsp3) is 0.667. The molecule has 0 heterocycles. The first-order valence-electron chi connectivity index (χ1n) is 5.20. The Morgan fingerprint density at radius 2 is 2.43 bits per heavy atom. The second kappa shape index (κ2) is 4.95. The molecule has 1 rings (SSSR count). The predicted molar refractivity (Wildman–Crippen MR) is 55.5 cm³/mol. The van der Waals surface area contributed by atoms with E-state index in [4.69, 9.17) is 5.26 Å². The van der Waals surface area contributed by atoms with Gasteiger partial charge in [0.05, 0.1) is 6.07 Å². The Bertz CT molecular complexity index is 285. The number of Topliss-reactive ketones (excluding diaryl/α,β-unsaturated/α-hetero) is 1. The van der Waals surface area contributed by atoms with Gasteiger partial charge >= 0.3 is 0 Å². The van der Waals surface area contributed by atoms with Gasteiger partial charge in [0.1, 0.15) is 5.78 Å². The molecule has 0 aromatic rings. The van der Waals surface area contributed by atoms with E-state index in [-0.39, 0.29) is 5.92 Å². The van der Waals surface area contributed by atoms with Gasteiger partial charge in [-0.2, -0.15) is 5.26 Å². The molecule has 76 valence electrons. The van der Waals surface area contributed by atoms with Gasteiger partial charge < -0.3 is 0 Å². The molecule has 0 saturated carbocycles. The molecule has 0 aromatic heterocycles. The monoisotopic (exact) mass is 191 g/mol. The topological polar surface area (TPSA) is 40.9 Å². The zero-order chi connectivity index (χ0) is 10.6. The molecule has 0 radical (unpaired) electrons. The van der Waals surface area contributed by atoms with Crippen LogP contribution in [0, 0.1) is 23.2 Å². The predicted octanol–water partition coefficient (Wildman–Crippen LogP) is 2.85. The summed E-state index contributed by atoms with van der Waals surface area (Å²) in [7, 11) is 0. The van der Waals surface area contributed by atoms with Crippen LogP contribution in [-0.2, 0) is 4.79 Å². The SMILES string of the molecule is CC(=O)C1CC(CCC#N)=CC(C)C1. The summed E-state index contributed by atoms with van der Waals surface area (Å²) >= 11 is 0. The molecule has 2 atom stereocenters. The van der Waals surface area contributed by atoms with Crippen LogP contribution in [0.4, 0.5) is 0 Å². The third kappa shape index (κ3) is 2.99. The third-order valence-electron chi connectivity index (χ3n) is 2.82. The molecule has 0 saturated heterocycles. The Hall–Kier alpha value is -1.10. The maximum Gasteiger partial charge on any atom is 0.133 e. The van der Waals surface area contributed by atoms with Gasteiger partial charge in [0.15, 0.2) is 0 Å². The summed E-state index contributed by atoms with van der Waals surface area (Å²) < 4.78 is 0. The minimum absolute atomic E-state index is 0.198. The summed E-state index contributed by atoms with van der Waals surface area (Å²) in [6, 6.07) is 2.15. The van der Waals surface area contributed by atoms with Crippen LogP contribution in [0.3, 0.4) is 0 Å². The molecule has 2 nitrogen and oxygen atoms in total. The Morgan fingerprint density at radius 3 is 3.00 bits per heavy atom. The number of carbonyl (C=O) groups excluding carboxylic acids is 1. The average molecular weight is 191 g/mol. The number of carbonyl (C=O) groups is 1. The summed E-state index contributed by atoms with van der Waals surface area (Å²) in [6.07, 6.45) is 5.50. The lowest BCUT2D eigenvalue weighted by molar-refractivity contribution is -0.121. The summed E-state index contributed by atoms with van der Waals surface area (Å²) in [5.41, 5.74) is 1.30. The Kier molecular flexibility index (Phi) is 3.88. The Balaban J connectivity index is 2.59. The molecule has 1 aliphatic rings. The van der Waals surface area contributed by atoms with Crippen LogP contribution in [0.5, 0.6) is 0 Å². The van der Waals surface area contributed by atoms with E-state index in [9.17, 15) is 4.79 Å². The average Bonchev–Trinajstić information content (AvgIpc) is 2.14. The van der Waals surface area contributed by atoms with Crippen molar-refractivity contribution in [1.82, 2.24) is 0 Å². The first-order chi connectivity index (χ1) is 6.63. The molecular formula is C12H17NO. The number of rotatable bonds is 3. The van der Waals surface area contributed by atoms with Crippen molar-refractivity contribution in [2.75, 3.05) is 0 Å². The Morgan fingerprint density at radius 1 is 1.71 bits per heavy atom. The number of allylic oxidation sites excluding steroid dienone is 2. The van der Waals surface area contributed by atoms with Crippen molar-refractivity contribution >= 4 is 5.78 Å². The highest BCUT2D eigenvalue weighted by Gasteiger charge is 2.22. The highest BCUT2D eigenvalue weighted by molar-refractivity contribution is 5.78. The zero-order valence-electron chi connectivity index (χ0n) is 8.92. The van der Waals surface area contributed by atoms with Crippen LogP contribution in [0.1, 0.15) is 39.5 Å². The van der Waals surface area contributed by atoms with Gasteiger partial charge in [-0.15, -0.1) is 0 Å². The van der Waals surface area contributed by atoms with E-state index in [1.807, 2.05) is 0 Å². The quantitative estimate of drug-likeness (QED) is 0.643. The highest BCUT2D eigenvalue weighted by atomic mass is 16.1. The van der Waals surface area contributed by atoms with Gasteiger partial charge in [-0.1, -0.05) is 18.6 Å². The summed E-state index contributed by atoms with van der Waals surface area (Å²) in [5, 5.41) is 8.49. The molecule has 0 amide bonds. The minimum Gasteiger partial charge on any atom is -0.300 e. The van der Waals surface area contributed by atoms with Crippen LogP contribution in [0.15, 0.2) is 11.6 Å². The second-order valence-electron chi connectivity index (χ2n) is 4.21. The molecule has 2 heteroatoms. The highest BCUT2D eigenvalue weighted by Crippen LogP contribution is 2.30. The number of ketones is 1. The fourth-order valence-electron chi connectivity index (χ4n) is 2.10. The van der Waals surface area contributed by atoms with Gasteiger partial charge in [0.25, 0.3) is 0 Å². The van der Waals surface area contributed by atoms with E-state index < -0.39 is 0 Å². The van der Waals surface area contributed by atoms with Crippen LogP contribution >= 0.6 is 0 Å². The Labute approximate surface area is 85.6 Å². The smallest absolute Gasteiger partial charge is 0.133 e. The van der Waals surface area contributed by atoms with E-state index in [0.29, 0.717) is 18.1 Å². The number of nitriles is 1. The molecule has 1 aliphatic carbocycles. The molecule has 2 unspecified atom stereocenters. The molecule has 0 aromatic carbocycles. The first kappa shape index (κ1) is 11.0. The van der Waals surface area contributed by atoms with Crippen LogP contribution < -0.4 is 0 Å². The maximum atomic E-state index is 11.3. The van der Waals surface area contributed by atoms with E-state index in [1.54, 1.807) is 6.92 Å². The van der Waals surface area contributed by atoms with E-state index in [1.165, 1.54) is 5.57 Å². The zero-order valence-corrected chi connectivity index (χ0v) is 8.92. The molecule has 0 fully saturated rings. The lowest BCUT2D eigenvalue weighted by Crippen LogP contribution is -2.19. The molecule has 0 spiro atoms. The van der Waals surface area contributed by atoms with Crippen molar-refractivity contribution in [3.63, 3.8) is 0 Å². The summed E-state index contributed by atoms with van der Waals surface area (Å²) in [5.74, 6) is 0.981. The fourth-order valence-corrected chi connectivity index (χ4v) is 2.10. The van der Waals surface area contributed by atoms with Crippen molar-refractivity contribution in [3.8, 4) is 6.07 Å². The van der Waals surface area contributed by atoms with Gasteiger partial charge in [0, 0.05) is 12.3 Å². The largest absolute Gasteiger partial charge is 0.300 e. The van der Waals surface area contributed by atoms with E-state index >= 15 is 0 Å². The number of hydrogen-bond donors (Lipinski definition) is 0. The van der Waals surface area contributed by atoms with Gasteiger partial charge in [-0.25, -0.2) is 0 Å². The molecular weight excluding hydrogens is 174 g/mol. The molecule has 0 aliphatic heterocycles. The van der Waals surface area contributed by atoms with Gasteiger partial charge in [0.2, 0.25) is 0 Å². The van der Waals surface area contributed by atoms with Crippen molar-refractivity contribution in [3.05, 3.63) is 11.6 Å².